The highest BCUT2D eigenvalue weighted by Gasteiger charge is 2.71. The Morgan fingerprint density at radius 1 is 1.15 bits per heavy atom. The molecule has 2 N–H and O–H groups in total. The highest BCUT2D eigenvalue weighted by Crippen LogP contribution is 2.76. The number of hydrogen-bond acceptors (Lipinski definition) is 4. The summed E-state index contributed by atoms with van der Waals surface area (Å²) in [5.41, 5.74) is 1.53. The quantitative estimate of drug-likeness (QED) is 0.444. The maximum atomic E-state index is 12.4. The van der Waals surface area contributed by atoms with Crippen LogP contribution in [0.1, 0.15) is 64.9 Å². The lowest BCUT2D eigenvalue weighted by molar-refractivity contribution is -0.146. The van der Waals surface area contributed by atoms with E-state index in [0.29, 0.717) is 22.3 Å². The molecule has 0 saturated heterocycles. The first kappa shape index (κ1) is 18.4. The number of phenols is 2. The van der Waals surface area contributed by atoms with Crippen molar-refractivity contribution < 1.29 is 19.7 Å². The number of benzene rings is 1. The van der Waals surface area contributed by atoms with E-state index in [0.717, 1.165) is 12.8 Å². The van der Waals surface area contributed by atoms with Crippen molar-refractivity contribution in [1.29, 1.82) is 0 Å². The second kappa shape index (κ2) is 6.02. The normalized spacial score (nSPS) is 36.7. The smallest absolute Gasteiger partial charge is 0.331 e. The number of ether oxygens (including phenoxy) is 1. The zero-order valence-corrected chi connectivity index (χ0v) is 16.5. The summed E-state index contributed by atoms with van der Waals surface area (Å²) in [6.07, 6.45) is 10.2. The van der Waals surface area contributed by atoms with Gasteiger partial charge in [-0.25, -0.2) is 4.79 Å². The zero-order chi connectivity index (χ0) is 19.4. The molecule has 3 saturated carbocycles. The summed E-state index contributed by atoms with van der Waals surface area (Å²) in [5, 5.41) is 18.9. The molecule has 3 aliphatic carbocycles. The summed E-state index contributed by atoms with van der Waals surface area (Å²) < 4.78 is 5.93. The van der Waals surface area contributed by atoms with Gasteiger partial charge in [0.15, 0.2) is 11.5 Å². The summed E-state index contributed by atoms with van der Waals surface area (Å²) in [6.45, 7) is 7.26. The van der Waals surface area contributed by atoms with E-state index in [1.54, 1.807) is 12.1 Å². The van der Waals surface area contributed by atoms with E-state index >= 15 is 0 Å². The predicted octanol–water partition coefficient (Wildman–Crippen LogP) is 5.04. The fraction of sp³-hybridized carbons (Fsp3) is 0.609. The molecule has 4 atom stereocenters. The lowest BCUT2D eigenvalue weighted by Gasteiger charge is -2.55. The van der Waals surface area contributed by atoms with Crippen molar-refractivity contribution in [1.82, 2.24) is 0 Å². The van der Waals surface area contributed by atoms with Crippen molar-refractivity contribution in [3.8, 4) is 11.5 Å². The molecule has 0 aliphatic heterocycles. The predicted molar refractivity (Wildman–Crippen MR) is 104 cm³/mol. The monoisotopic (exact) mass is 370 g/mol. The first-order valence-electron chi connectivity index (χ1n) is 10.1. The molecule has 2 bridgehead atoms. The average molecular weight is 370 g/mol. The molecule has 27 heavy (non-hydrogen) atoms. The Morgan fingerprint density at radius 2 is 1.93 bits per heavy atom. The summed E-state index contributed by atoms with van der Waals surface area (Å²) in [6, 6.07) is 4.48. The summed E-state index contributed by atoms with van der Waals surface area (Å²) in [7, 11) is 0. The standard InChI is InChI=1S/C23H30O4/c1-21(2)10-4-11-22(3)16-9-12-23(21,22)14-19(16)27-20(26)8-6-15-5-7-17(24)18(25)13-15/h5-8,13,16,19,24-25H,4,9-12,14H2,1-3H3/b8-6+/t16-,19+,22+,23?/m0/s1. The SMILES string of the molecule is CC1(C)CCC[C@]2(C)[C@H]3CCC12C[C@H]3OC(=O)/C=C/c1ccc(O)c(O)c1. The van der Waals surface area contributed by atoms with Crippen LogP contribution >= 0.6 is 0 Å². The Labute approximate surface area is 161 Å². The molecular formula is C23H30O4. The van der Waals surface area contributed by atoms with E-state index in [9.17, 15) is 15.0 Å². The van der Waals surface area contributed by atoms with E-state index in [4.69, 9.17) is 4.74 Å². The van der Waals surface area contributed by atoms with Gasteiger partial charge >= 0.3 is 5.97 Å². The number of rotatable bonds is 3. The lowest BCUT2D eigenvalue weighted by atomic mass is 9.49. The maximum Gasteiger partial charge on any atom is 0.331 e. The minimum absolute atomic E-state index is 0.00601. The van der Waals surface area contributed by atoms with E-state index in [1.165, 1.54) is 43.9 Å². The van der Waals surface area contributed by atoms with Crippen LogP contribution < -0.4 is 0 Å². The van der Waals surface area contributed by atoms with Crippen LogP contribution in [0.4, 0.5) is 0 Å². The topological polar surface area (TPSA) is 66.8 Å². The van der Waals surface area contributed by atoms with Crippen LogP contribution in [0.5, 0.6) is 11.5 Å². The third kappa shape index (κ3) is 2.60. The highest BCUT2D eigenvalue weighted by molar-refractivity contribution is 5.87. The summed E-state index contributed by atoms with van der Waals surface area (Å²) >= 11 is 0. The van der Waals surface area contributed by atoms with Crippen LogP contribution in [0, 0.1) is 22.2 Å². The molecule has 0 spiro atoms. The molecule has 146 valence electrons. The van der Waals surface area contributed by atoms with Gasteiger partial charge in [-0.05, 0) is 72.1 Å². The average Bonchev–Trinajstić information content (AvgIpc) is 3.03. The maximum absolute atomic E-state index is 12.4. The van der Waals surface area contributed by atoms with Gasteiger partial charge in [-0.3, -0.25) is 0 Å². The van der Waals surface area contributed by atoms with Crippen LogP contribution in [-0.4, -0.2) is 22.3 Å². The van der Waals surface area contributed by atoms with Crippen LogP contribution in [0.15, 0.2) is 24.3 Å². The molecule has 0 amide bonds. The molecule has 0 radical (unpaired) electrons. The van der Waals surface area contributed by atoms with Gasteiger partial charge in [0.25, 0.3) is 0 Å². The molecular weight excluding hydrogens is 340 g/mol. The number of phenolic OH excluding ortho intramolecular Hbond substituents is 2. The van der Waals surface area contributed by atoms with Crippen molar-refractivity contribution in [3.05, 3.63) is 29.8 Å². The zero-order valence-electron chi connectivity index (χ0n) is 16.5. The van der Waals surface area contributed by atoms with E-state index in [-0.39, 0.29) is 29.0 Å². The van der Waals surface area contributed by atoms with Crippen LogP contribution in [-0.2, 0) is 9.53 Å². The van der Waals surface area contributed by atoms with Crippen molar-refractivity contribution in [3.63, 3.8) is 0 Å². The van der Waals surface area contributed by atoms with Crippen molar-refractivity contribution in [2.45, 2.75) is 65.4 Å². The van der Waals surface area contributed by atoms with Crippen molar-refractivity contribution >= 4 is 12.0 Å². The lowest BCUT2D eigenvalue weighted by Crippen LogP contribution is -2.48. The molecule has 3 fully saturated rings. The fourth-order valence-corrected chi connectivity index (χ4v) is 6.85. The van der Waals surface area contributed by atoms with Gasteiger partial charge in [0.2, 0.25) is 0 Å². The van der Waals surface area contributed by atoms with E-state index in [2.05, 4.69) is 20.8 Å². The molecule has 1 aromatic rings. The molecule has 4 heteroatoms. The summed E-state index contributed by atoms with van der Waals surface area (Å²) in [5.74, 6) is -0.229. The molecule has 1 aromatic carbocycles. The molecule has 4 nitrogen and oxygen atoms in total. The molecule has 3 aliphatic rings. The number of carbonyl (C=O) groups is 1. The van der Waals surface area contributed by atoms with E-state index in [1.807, 2.05) is 0 Å². The van der Waals surface area contributed by atoms with Gasteiger partial charge < -0.3 is 14.9 Å². The van der Waals surface area contributed by atoms with Gasteiger partial charge in [0.1, 0.15) is 6.10 Å². The van der Waals surface area contributed by atoms with Crippen LogP contribution in [0.25, 0.3) is 6.08 Å². The van der Waals surface area contributed by atoms with Crippen molar-refractivity contribution in [2.24, 2.45) is 22.2 Å². The van der Waals surface area contributed by atoms with Gasteiger partial charge in [-0.1, -0.05) is 33.3 Å². The van der Waals surface area contributed by atoms with Gasteiger partial charge in [-0.15, -0.1) is 0 Å². The van der Waals surface area contributed by atoms with E-state index < -0.39 is 0 Å². The minimum atomic E-state index is -0.324. The van der Waals surface area contributed by atoms with Crippen LogP contribution in [0.2, 0.25) is 0 Å². The Morgan fingerprint density at radius 3 is 2.63 bits per heavy atom. The van der Waals surface area contributed by atoms with Gasteiger partial charge in [0, 0.05) is 12.0 Å². The molecule has 0 heterocycles. The highest BCUT2D eigenvalue weighted by atomic mass is 16.5. The number of hydrogen-bond donors (Lipinski definition) is 2. The number of esters is 1. The Hall–Kier alpha value is -1.97. The van der Waals surface area contributed by atoms with Crippen molar-refractivity contribution in [2.75, 3.05) is 0 Å². The van der Waals surface area contributed by atoms with Gasteiger partial charge in [0.05, 0.1) is 0 Å². The molecule has 1 unspecified atom stereocenters. The van der Waals surface area contributed by atoms with Gasteiger partial charge in [-0.2, -0.15) is 0 Å². The second-order valence-electron chi connectivity index (χ2n) is 9.64. The summed E-state index contributed by atoms with van der Waals surface area (Å²) in [4.78, 5) is 12.4. The third-order valence-corrected chi connectivity index (χ3v) is 8.26. The molecule has 4 rings (SSSR count). The fourth-order valence-electron chi connectivity index (χ4n) is 6.85. The Balaban J connectivity index is 1.49. The van der Waals surface area contributed by atoms with Crippen LogP contribution in [0.3, 0.4) is 0 Å². The first-order valence-corrected chi connectivity index (χ1v) is 10.1. The molecule has 0 aromatic heterocycles. The third-order valence-electron chi connectivity index (χ3n) is 8.26. The second-order valence-corrected chi connectivity index (χ2v) is 9.64. The largest absolute Gasteiger partial charge is 0.504 e. The Kier molecular flexibility index (Phi) is 4.10. The first-order chi connectivity index (χ1) is 12.7. The Bertz CT molecular complexity index is 796. The number of carbonyl (C=O) groups excluding carboxylic acids is 1. The number of aromatic hydroxyl groups is 2. The minimum Gasteiger partial charge on any atom is -0.504 e.